The molecule has 5 heteroatoms. The van der Waals surface area contributed by atoms with E-state index in [4.69, 9.17) is 0 Å². The molecule has 1 fully saturated rings. The molecule has 0 saturated carbocycles. The third kappa shape index (κ3) is 3.27. The number of nitro groups is 1. The molecule has 0 unspecified atom stereocenters. The molecule has 0 radical (unpaired) electrons. The Bertz CT molecular complexity index is 446. The molecule has 0 aliphatic carbocycles. The summed E-state index contributed by atoms with van der Waals surface area (Å²) in [5.74, 6) is 0. The second kappa shape index (κ2) is 5.04. The van der Waals surface area contributed by atoms with E-state index < -0.39 is 0 Å². The number of piperazine rings is 1. The smallest absolute Gasteiger partial charge is 0.269 e. The van der Waals surface area contributed by atoms with Crippen molar-refractivity contribution in [2.24, 2.45) is 0 Å². The molecule has 98 valence electrons. The number of hydrogen-bond donors (Lipinski definition) is 1. The van der Waals surface area contributed by atoms with Crippen molar-refractivity contribution in [3.05, 3.63) is 39.9 Å². The molecule has 0 amide bonds. The molecule has 0 spiro atoms. The summed E-state index contributed by atoms with van der Waals surface area (Å²) in [5.41, 5.74) is 1.28. The Kier molecular flexibility index (Phi) is 3.63. The van der Waals surface area contributed by atoms with E-state index in [1.807, 2.05) is 6.07 Å². The summed E-state index contributed by atoms with van der Waals surface area (Å²) < 4.78 is 0. The molecule has 1 aromatic carbocycles. The molecule has 0 aromatic heterocycles. The first kappa shape index (κ1) is 13.0. The van der Waals surface area contributed by atoms with Gasteiger partial charge < -0.3 is 5.32 Å². The first-order chi connectivity index (χ1) is 8.46. The summed E-state index contributed by atoms with van der Waals surface area (Å²) in [6, 6.07) is 6.89. The average molecular weight is 249 g/mol. The van der Waals surface area contributed by atoms with Crippen LogP contribution in [0.5, 0.6) is 0 Å². The van der Waals surface area contributed by atoms with Crippen LogP contribution in [0, 0.1) is 10.1 Å². The zero-order chi connectivity index (χ0) is 13.2. The fraction of sp³-hybridized carbons (Fsp3) is 0.538. The molecule has 1 heterocycles. The van der Waals surface area contributed by atoms with E-state index in [1.165, 1.54) is 6.07 Å². The number of hydrogen-bond acceptors (Lipinski definition) is 4. The Balaban J connectivity index is 2.05. The van der Waals surface area contributed by atoms with Gasteiger partial charge in [0.1, 0.15) is 0 Å². The highest BCUT2D eigenvalue weighted by Crippen LogP contribution is 2.17. The van der Waals surface area contributed by atoms with Gasteiger partial charge in [-0.05, 0) is 19.4 Å². The van der Waals surface area contributed by atoms with Gasteiger partial charge in [-0.3, -0.25) is 15.0 Å². The van der Waals surface area contributed by atoms with Crippen molar-refractivity contribution in [2.45, 2.75) is 25.9 Å². The van der Waals surface area contributed by atoms with Crippen LogP contribution in [0.3, 0.4) is 0 Å². The normalized spacial score (nSPS) is 19.7. The third-order valence-electron chi connectivity index (χ3n) is 3.18. The van der Waals surface area contributed by atoms with Gasteiger partial charge in [0.2, 0.25) is 0 Å². The first-order valence-corrected chi connectivity index (χ1v) is 6.17. The Labute approximate surface area is 107 Å². The van der Waals surface area contributed by atoms with Gasteiger partial charge in [-0.1, -0.05) is 12.1 Å². The predicted octanol–water partition coefficient (Wildman–Crippen LogP) is 1.78. The van der Waals surface area contributed by atoms with Gasteiger partial charge in [-0.25, -0.2) is 0 Å². The van der Waals surface area contributed by atoms with Gasteiger partial charge in [0.05, 0.1) is 4.92 Å². The van der Waals surface area contributed by atoms with Crippen molar-refractivity contribution in [3.63, 3.8) is 0 Å². The van der Waals surface area contributed by atoms with Crippen molar-refractivity contribution in [1.82, 2.24) is 10.2 Å². The summed E-state index contributed by atoms with van der Waals surface area (Å²) in [7, 11) is 0. The number of rotatable bonds is 3. The summed E-state index contributed by atoms with van der Waals surface area (Å²) >= 11 is 0. The highest BCUT2D eigenvalue weighted by atomic mass is 16.6. The first-order valence-electron chi connectivity index (χ1n) is 6.17. The van der Waals surface area contributed by atoms with Crippen LogP contribution in [-0.4, -0.2) is 35.0 Å². The quantitative estimate of drug-likeness (QED) is 0.655. The van der Waals surface area contributed by atoms with Crippen molar-refractivity contribution >= 4 is 5.69 Å². The van der Waals surface area contributed by atoms with Crippen LogP contribution in [-0.2, 0) is 6.54 Å². The number of nitrogens with zero attached hydrogens (tertiary/aromatic N) is 2. The Morgan fingerprint density at radius 3 is 2.94 bits per heavy atom. The molecule has 18 heavy (non-hydrogen) atoms. The maximum absolute atomic E-state index is 10.7. The highest BCUT2D eigenvalue weighted by molar-refractivity contribution is 5.34. The van der Waals surface area contributed by atoms with Gasteiger partial charge >= 0.3 is 0 Å². The molecule has 1 aliphatic rings. The molecule has 0 bridgehead atoms. The largest absolute Gasteiger partial charge is 0.309 e. The maximum atomic E-state index is 10.7. The van der Waals surface area contributed by atoms with Crippen molar-refractivity contribution in [1.29, 1.82) is 0 Å². The minimum atomic E-state index is -0.342. The number of nitro benzene ring substituents is 1. The van der Waals surface area contributed by atoms with E-state index in [0.29, 0.717) is 0 Å². The van der Waals surface area contributed by atoms with Crippen LogP contribution in [0.4, 0.5) is 5.69 Å². The van der Waals surface area contributed by atoms with Gasteiger partial charge in [0.15, 0.2) is 0 Å². The lowest BCUT2D eigenvalue weighted by Crippen LogP contribution is -2.56. The van der Waals surface area contributed by atoms with Crippen molar-refractivity contribution in [3.8, 4) is 0 Å². The van der Waals surface area contributed by atoms with E-state index in [0.717, 1.165) is 31.7 Å². The molecule has 1 aromatic rings. The van der Waals surface area contributed by atoms with Crippen LogP contribution < -0.4 is 5.32 Å². The lowest BCUT2D eigenvalue weighted by molar-refractivity contribution is -0.384. The van der Waals surface area contributed by atoms with Crippen LogP contribution in [0.1, 0.15) is 19.4 Å². The Morgan fingerprint density at radius 2 is 2.28 bits per heavy atom. The predicted molar refractivity (Wildman–Crippen MR) is 70.5 cm³/mol. The third-order valence-corrected chi connectivity index (χ3v) is 3.18. The van der Waals surface area contributed by atoms with E-state index >= 15 is 0 Å². The van der Waals surface area contributed by atoms with Crippen LogP contribution in [0.25, 0.3) is 0 Å². The molecule has 1 N–H and O–H groups in total. The molecule has 2 rings (SSSR count). The number of non-ortho nitro benzene ring substituents is 1. The highest BCUT2D eigenvalue weighted by Gasteiger charge is 2.25. The molecule has 1 saturated heterocycles. The number of benzene rings is 1. The van der Waals surface area contributed by atoms with E-state index in [2.05, 4.69) is 24.1 Å². The minimum Gasteiger partial charge on any atom is -0.309 e. The van der Waals surface area contributed by atoms with Crippen LogP contribution in [0.2, 0.25) is 0 Å². The molecule has 1 aliphatic heterocycles. The molecular formula is C13H19N3O2. The van der Waals surface area contributed by atoms with E-state index in [-0.39, 0.29) is 16.1 Å². The standard InChI is InChI=1S/C13H19N3O2/c1-13(2)10-15(7-6-14-13)9-11-4-3-5-12(8-11)16(17)18/h3-5,8,14H,6-7,9-10H2,1-2H3. The van der Waals surface area contributed by atoms with Crippen LogP contribution in [0.15, 0.2) is 24.3 Å². The van der Waals surface area contributed by atoms with Gasteiger partial charge in [-0.2, -0.15) is 0 Å². The van der Waals surface area contributed by atoms with Gasteiger partial charge in [0.25, 0.3) is 5.69 Å². The zero-order valence-electron chi connectivity index (χ0n) is 10.8. The maximum Gasteiger partial charge on any atom is 0.269 e. The number of nitrogens with one attached hydrogen (secondary N) is 1. The average Bonchev–Trinajstić information content (AvgIpc) is 2.28. The Morgan fingerprint density at radius 1 is 1.50 bits per heavy atom. The summed E-state index contributed by atoms with van der Waals surface area (Å²) in [5, 5.41) is 14.2. The summed E-state index contributed by atoms with van der Waals surface area (Å²) in [4.78, 5) is 12.7. The SMILES string of the molecule is CC1(C)CN(Cc2cccc([N+](=O)[O-])c2)CCN1. The topological polar surface area (TPSA) is 58.4 Å². The monoisotopic (exact) mass is 249 g/mol. The summed E-state index contributed by atoms with van der Waals surface area (Å²) in [6.07, 6.45) is 0. The lowest BCUT2D eigenvalue weighted by Gasteiger charge is -2.39. The van der Waals surface area contributed by atoms with E-state index in [9.17, 15) is 10.1 Å². The fourth-order valence-corrected chi connectivity index (χ4v) is 2.41. The van der Waals surface area contributed by atoms with E-state index in [1.54, 1.807) is 12.1 Å². The second-order valence-corrected chi connectivity index (χ2v) is 5.45. The van der Waals surface area contributed by atoms with Gasteiger partial charge in [0, 0.05) is 43.9 Å². The molecular weight excluding hydrogens is 230 g/mol. The van der Waals surface area contributed by atoms with Crippen molar-refractivity contribution < 1.29 is 4.92 Å². The van der Waals surface area contributed by atoms with Crippen molar-refractivity contribution in [2.75, 3.05) is 19.6 Å². The minimum absolute atomic E-state index is 0.110. The lowest BCUT2D eigenvalue weighted by atomic mass is 10.0. The van der Waals surface area contributed by atoms with Gasteiger partial charge in [-0.15, -0.1) is 0 Å². The fourth-order valence-electron chi connectivity index (χ4n) is 2.41. The van der Waals surface area contributed by atoms with Crippen LogP contribution >= 0.6 is 0 Å². The zero-order valence-corrected chi connectivity index (χ0v) is 10.8. The molecule has 5 nitrogen and oxygen atoms in total. The molecule has 0 atom stereocenters. The summed E-state index contributed by atoms with van der Waals surface area (Å²) in [6.45, 7) is 8.01. The second-order valence-electron chi connectivity index (χ2n) is 5.45. The Hall–Kier alpha value is -1.46.